The molecule has 90 heavy (non-hydrogen) atoms. The van der Waals surface area contributed by atoms with Crippen molar-refractivity contribution in [3.8, 4) is 0 Å². The highest BCUT2D eigenvalue weighted by molar-refractivity contribution is 5.70. The summed E-state index contributed by atoms with van der Waals surface area (Å²) in [4.78, 5) is 37.6. The Bertz CT molecular complexity index is 1620. The Morgan fingerprint density at radius 2 is 0.633 bits per heavy atom. The molecule has 0 saturated carbocycles. The van der Waals surface area contributed by atoms with Gasteiger partial charge in [-0.2, -0.15) is 0 Å². The maximum absolute atomic E-state index is 13.0. The third-order valence-corrected chi connectivity index (χ3v) is 17.8. The number of esters is 2. The Labute approximate surface area is 559 Å². The Morgan fingerprint density at radius 3 is 0.944 bits per heavy atom. The number of nitrogens with zero attached hydrogens (tertiary/aromatic N) is 1. The molecule has 0 rings (SSSR count). The molecule has 0 N–H and O–H groups in total. The molecular weight excluding hydrogens is 1110 g/mol. The van der Waals surface area contributed by atoms with Crippen molar-refractivity contribution in [3.63, 3.8) is 0 Å². The molecule has 0 bridgehead atoms. The van der Waals surface area contributed by atoms with Crippen LogP contribution in [0.3, 0.4) is 0 Å². The second-order valence-electron chi connectivity index (χ2n) is 28.0. The van der Waals surface area contributed by atoms with E-state index in [1.165, 1.54) is 302 Å². The van der Waals surface area contributed by atoms with Crippen LogP contribution in [0.5, 0.6) is 0 Å². The van der Waals surface area contributed by atoms with E-state index in [2.05, 4.69) is 62.5 Å². The van der Waals surface area contributed by atoms with Gasteiger partial charge in [0, 0.05) is 12.8 Å². The van der Waals surface area contributed by atoms with Crippen molar-refractivity contribution in [3.05, 3.63) is 48.6 Å². The number of likely N-dealkylation sites (N-methyl/N-ethyl adjacent to an activating group) is 1. The third-order valence-electron chi connectivity index (χ3n) is 17.8. The average Bonchev–Trinajstić information content (AvgIpc) is 3.74. The quantitative estimate of drug-likeness (QED) is 0.0195. The SMILES string of the molecule is CC/C=C\C/C=C\C/C=C\C/C=C\CCCCCCCCCCCCCCCCCCC(=O)OC(COC(=O)CCCCCCCCCCCCCCCCCCCCCCCCCCCCCCCCCCCCCC)COC(OCC[N+](C)(C)C)C(=O)[O-]. The van der Waals surface area contributed by atoms with Crippen LogP contribution in [0.15, 0.2) is 48.6 Å². The molecular formula is C81H151NO8. The van der Waals surface area contributed by atoms with Crippen molar-refractivity contribution in [2.45, 2.75) is 405 Å². The molecule has 0 fully saturated rings. The second-order valence-corrected chi connectivity index (χ2v) is 28.0. The van der Waals surface area contributed by atoms with Gasteiger partial charge < -0.3 is 33.3 Å². The van der Waals surface area contributed by atoms with E-state index in [1.807, 2.05) is 21.1 Å². The number of carbonyl (C=O) groups excluding carboxylic acids is 3. The number of ether oxygens (including phenoxy) is 4. The van der Waals surface area contributed by atoms with E-state index < -0.39 is 24.3 Å². The van der Waals surface area contributed by atoms with Gasteiger partial charge in [-0.25, -0.2) is 0 Å². The molecule has 0 aliphatic heterocycles. The lowest BCUT2D eigenvalue weighted by atomic mass is 10.0. The van der Waals surface area contributed by atoms with Gasteiger partial charge in [-0.1, -0.05) is 377 Å². The van der Waals surface area contributed by atoms with Crippen LogP contribution in [0, 0.1) is 0 Å². The van der Waals surface area contributed by atoms with Gasteiger partial charge in [-0.3, -0.25) is 9.59 Å². The van der Waals surface area contributed by atoms with Crippen molar-refractivity contribution in [1.82, 2.24) is 0 Å². The summed E-state index contributed by atoms with van der Waals surface area (Å²) in [6.45, 7) is 4.71. The Hall–Kier alpha value is -2.75. The monoisotopic (exact) mass is 1270 g/mol. The predicted octanol–water partition coefficient (Wildman–Crippen LogP) is 23.5. The molecule has 0 aromatic rings. The van der Waals surface area contributed by atoms with Gasteiger partial charge in [0.05, 0.1) is 40.3 Å². The number of unbranched alkanes of at least 4 members (excludes halogenated alkanes) is 51. The second kappa shape index (κ2) is 72.1. The van der Waals surface area contributed by atoms with E-state index in [1.54, 1.807) is 0 Å². The molecule has 0 aromatic heterocycles. The first-order chi connectivity index (χ1) is 44.1. The summed E-state index contributed by atoms with van der Waals surface area (Å²) in [7, 11) is 5.95. The van der Waals surface area contributed by atoms with Crippen molar-refractivity contribution < 1.29 is 42.9 Å². The van der Waals surface area contributed by atoms with Crippen LogP contribution in [-0.2, 0) is 33.3 Å². The number of allylic oxidation sites excluding steroid dienone is 8. The number of rotatable bonds is 74. The molecule has 9 heteroatoms. The van der Waals surface area contributed by atoms with Crippen LogP contribution < -0.4 is 5.11 Å². The summed E-state index contributed by atoms with van der Waals surface area (Å²) >= 11 is 0. The van der Waals surface area contributed by atoms with Gasteiger partial charge >= 0.3 is 11.9 Å². The van der Waals surface area contributed by atoms with E-state index in [0.29, 0.717) is 23.9 Å². The molecule has 0 aromatic carbocycles. The number of carboxylic acid groups (broad SMARTS) is 1. The van der Waals surface area contributed by atoms with Crippen molar-refractivity contribution in [2.24, 2.45) is 0 Å². The standard InChI is InChI=1S/C81H151NO8/c1-6-8-10-12-14-16-18-20-22-24-26-28-30-32-34-36-37-38-39-40-41-42-44-45-47-49-51-53-55-57-59-61-63-65-67-69-71-78(83)88-75-77(76-89-81(80(85)86)87-74-73-82(3,4)5)90-79(84)72-70-68-66-64-62-60-58-56-54-52-50-48-46-43-35-33-31-29-27-25-23-21-19-17-15-13-11-9-7-2/h9,11,15,17,21,23,27,29,77,81H,6-8,10,12-14,16,18-20,22,24-26,28,30-76H2,1-5H3/b11-9-,17-15-,23-21-,29-27-. The molecule has 0 spiro atoms. The van der Waals surface area contributed by atoms with E-state index in [-0.39, 0.29) is 32.2 Å². The number of carbonyl (C=O) groups is 3. The largest absolute Gasteiger partial charge is 0.545 e. The number of quaternary nitrogens is 1. The molecule has 0 heterocycles. The zero-order valence-corrected chi connectivity index (χ0v) is 60.5. The molecule has 9 nitrogen and oxygen atoms in total. The molecule has 2 unspecified atom stereocenters. The normalized spacial score (nSPS) is 12.9. The fourth-order valence-corrected chi connectivity index (χ4v) is 11.9. The maximum atomic E-state index is 13.0. The van der Waals surface area contributed by atoms with Crippen LogP contribution in [0.2, 0.25) is 0 Å². The topological polar surface area (TPSA) is 111 Å². The average molecular weight is 1270 g/mol. The number of hydrogen-bond acceptors (Lipinski definition) is 8. The highest BCUT2D eigenvalue weighted by Gasteiger charge is 2.22. The Morgan fingerprint density at radius 1 is 0.344 bits per heavy atom. The number of hydrogen-bond donors (Lipinski definition) is 0. The first-order valence-electron chi connectivity index (χ1n) is 39.3. The molecule has 2 atom stereocenters. The molecule has 0 aliphatic rings. The molecule has 528 valence electrons. The number of carboxylic acids is 1. The zero-order valence-electron chi connectivity index (χ0n) is 60.5. The molecule has 0 amide bonds. The highest BCUT2D eigenvalue weighted by atomic mass is 16.7. The van der Waals surface area contributed by atoms with E-state index in [0.717, 1.165) is 57.8 Å². The van der Waals surface area contributed by atoms with Gasteiger partial charge in [0.1, 0.15) is 13.2 Å². The Kier molecular flexibility index (Phi) is 69.9. The van der Waals surface area contributed by atoms with Crippen molar-refractivity contribution in [2.75, 3.05) is 47.5 Å². The van der Waals surface area contributed by atoms with Crippen molar-refractivity contribution >= 4 is 17.9 Å². The molecule has 0 saturated heterocycles. The minimum Gasteiger partial charge on any atom is -0.545 e. The lowest BCUT2D eigenvalue weighted by Gasteiger charge is -2.26. The summed E-state index contributed by atoms with van der Waals surface area (Å²) in [5, 5.41) is 11.8. The Balaban J connectivity index is 3.97. The van der Waals surface area contributed by atoms with Crippen LogP contribution in [0.4, 0.5) is 0 Å². The van der Waals surface area contributed by atoms with Gasteiger partial charge in [0.25, 0.3) is 0 Å². The lowest BCUT2D eigenvalue weighted by molar-refractivity contribution is -0.870. The molecule has 0 radical (unpaired) electrons. The van der Waals surface area contributed by atoms with E-state index in [9.17, 15) is 19.5 Å². The fourth-order valence-electron chi connectivity index (χ4n) is 11.9. The summed E-state index contributed by atoms with van der Waals surface area (Å²) in [6.07, 6.45) is 91.0. The van der Waals surface area contributed by atoms with Crippen LogP contribution in [0.1, 0.15) is 393 Å². The lowest BCUT2D eigenvalue weighted by Crippen LogP contribution is -2.44. The smallest absolute Gasteiger partial charge is 0.306 e. The van der Waals surface area contributed by atoms with E-state index >= 15 is 0 Å². The minimum atomic E-state index is -1.62. The third kappa shape index (κ3) is 72.7. The predicted molar refractivity (Wildman–Crippen MR) is 385 cm³/mol. The summed E-state index contributed by atoms with van der Waals surface area (Å²) < 4.78 is 22.9. The summed E-state index contributed by atoms with van der Waals surface area (Å²) in [6, 6.07) is 0. The maximum Gasteiger partial charge on any atom is 0.306 e. The van der Waals surface area contributed by atoms with Crippen LogP contribution >= 0.6 is 0 Å². The van der Waals surface area contributed by atoms with Gasteiger partial charge in [0.15, 0.2) is 12.4 Å². The first kappa shape index (κ1) is 87.2. The summed E-state index contributed by atoms with van der Waals surface area (Å²) in [5.74, 6) is -2.25. The molecule has 0 aliphatic carbocycles. The van der Waals surface area contributed by atoms with E-state index in [4.69, 9.17) is 18.9 Å². The summed E-state index contributed by atoms with van der Waals surface area (Å²) in [5.41, 5.74) is 0. The van der Waals surface area contributed by atoms with Crippen LogP contribution in [-0.4, -0.2) is 82.3 Å². The van der Waals surface area contributed by atoms with Gasteiger partial charge in [0.2, 0.25) is 0 Å². The zero-order chi connectivity index (χ0) is 65.4. The first-order valence-corrected chi connectivity index (χ1v) is 39.3. The van der Waals surface area contributed by atoms with Crippen molar-refractivity contribution in [1.29, 1.82) is 0 Å². The van der Waals surface area contributed by atoms with Gasteiger partial charge in [-0.15, -0.1) is 0 Å². The highest BCUT2D eigenvalue weighted by Crippen LogP contribution is 2.20. The minimum absolute atomic E-state index is 0.150. The fraction of sp³-hybridized carbons (Fsp3) is 0.864. The van der Waals surface area contributed by atoms with Gasteiger partial charge in [-0.05, 0) is 51.4 Å². The van der Waals surface area contributed by atoms with Crippen LogP contribution in [0.25, 0.3) is 0 Å². The number of aliphatic carboxylic acids is 1.